The molecule has 0 aliphatic rings. The van der Waals surface area contributed by atoms with E-state index in [9.17, 15) is 9.90 Å². The third kappa shape index (κ3) is 3.45. The van der Waals surface area contributed by atoms with Crippen LogP contribution in [0.15, 0.2) is 53.0 Å². The maximum absolute atomic E-state index is 11.4. The van der Waals surface area contributed by atoms with Crippen LogP contribution in [0.2, 0.25) is 10.0 Å². The van der Waals surface area contributed by atoms with Gasteiger partial charge in [-0.05, 0) is 35.9 Å². The second kappa shape index (κ2) is 6.65. The molecule has 6 heteroatoms. The van der Waals surface area contributed by atoms with Gasteiger partial charge in [0.25, 0.3) is 0 Å². The van der Waals surface area contributed by atoms with E-state index < -0.39 is 5.97 Å². The summed E-state index contributed by atoms with van der Waals surface area (Å²) in [6.07, 6.45) is 0. The van der Waals surface area contributed by atoms with Crippen LogP contribution in [0.4, 0.5) is 0 Å². The Bertz CT molecular complexity index is 888. The van der Waals surface area contributed by atoms with E-state index in [4.69, 9.17) is 23.2 Å². The van der Waals surface area contributed by atoms with Gasteiger partial charge in [-0.3, -0.25) is 0 Å². The predicted octanol–water partition coefficient (Wildman–Crippen LogP) is 6.85. The Hall–Kier alpha value is -1.33. The molecule has 0 radical (unpaired) electrons. The number of hydrogen-bond acceptors (Lipinski definition) is 2. The van der Waals surface area contributed by atoms with Crippen LogP contribution in [-0.4, -0.2) is 11.1 Å². The molecule has 0 amide bonds. The SMILES string of the molecule is O=C(O)c1cc(-c2ccc(Br)cc2)c(-c2ccc(Cl)cc2Cl)s1. The molecule has 0 aliphatic carbocycles. The smallest absolute Gasteiger partial charge is 0.345 e. The standard InChI is InChI=1S/C17H9BrCl2O2S/c18-10-3-1-9(2-4-10)13-8-15(17(21)22)23-16(13)12-6-5-11(19)7-14(12)20/h1-8H,(H,21,22). The maximum Gasteiger partial charge on any atom is 0.345 e. The van der Waals surface area contributed by atoms with Crippen LogP contribution < -0.4 is 0 Å². The van der Waals surface area contributed by atoms with Gasteiger partial charge >= 0.3 is 5.97 Å². The summed E-state index contributed by atoms with van der Waals surface area (Å²) >= 11 is 16.9. The molecule has 3 aromatic rings. The van der Waals surface area contributed by atoms with Gasteiger partial charge in [-0.1, -0.05) is 57.3 Å². The summed E-state index contributed by atoms with van der Waals surface area (Å²) in [4.78, 5) is 12.5. The van der Waals surface area contributed by atoms with Crippen LogP contribution in [0.25, 0.3) is 21.6 Å². The number of thiophene rings is 1. The van der Waals surface area contributed by atoms with Gasteiger partial charge in [0.05, 0.1) is 5.02 Å². The number of benzene rings is 2. The molecule has 0 unspecified atom stereocenters. The lowest BCUT2D eigenvalue weighted by molar-refractivity contribution is 0.0702. The average molecular weight is 428 g/mol. The zero-order valence-electron chi connectivity index (χ0n) is 11.5. The highest BCUT2D eigenvalue weighted by Gasteiger charge is 2.18. The van der Waals surface area contributed by atoms with Crippen molar-refractivity contribution in [2.45, 2.75) is 0 Å². The highest BCUT2D eigenvalue weighted by atomic mass is 79.9. The van der Waals surface area contributed by atoms with Crippen molar-refractivity contribution in [3.8, 4) is 21.6 Å². The van der Waals surface area contributed by atoms with Crippen LogP contribution in [-0.2, 0) is 0 Å². The number of carboxylic acids is 1. The molecule has 23 heavy (non-hydrogen) atoms. The van der Waals surface area contributed by atoms with E-state index in [2.05, 4.69) is 15.9 Å². The molecule has 116 valence electrons. The van der Waals surface area contributed by atoms with Crippen LogP contribution in [0.3, 0.4) is 0 Å². The number of halogens is 3. The summed E-state index contributed by atoms with van der Waals surface area (Å²) in [7, 11) is 0. The van der Waals surface area contributed by atoms with Crippen molar-refractivity contribution in [2.24, 2.45) is 0 Å². The fourth-order valence-corrected chi connectivity index (χ4v) is 4.10. The molecule has 2 nitrogen and oxygen atoms in total. The first kappa shape index (κ1) is 16.5. The Morgan fingerprint density at radius 3 is 2.30 bits per heavy atom. The number of hydrogen-bond donors (Lipinski definition) is 1. The molecule has 0 saturated heterocycles. The lowest BCUT2D eigenvalue weighted by Gasteiger charge is -2.07. The van der Waals surface area contributed by atoms with Gasteiger partial charge in [0.2, 0.25) is 0 Å². The van der Waals surface area contributed by atoms with Crippen molar-refractivity contribution in [2.75, 3.05) is 0 Å². The first-order valence-electron chi connectivity index (χ1n) is 6.54. The van der Waals surface area contributed by atoms with Gasteiger partial charge in [0, 0.05) is 25.5 Å². The van der Waals surface area contributed by atoms with Gasteiger partial charge in [0.1, 0.15) is 4.88 Å². The van der Waals surface area contributed by atoms with Crippen molar-refractivity contribution in [1.29, 1.82) is 0 Å². The number of carboxylic acid groups (broad SMARTS) is 1. The Morgan fingerprint density at radius 2 is 1.70 bits per heavy atom. The highest BCUT2D eigenvalue weighted by Crippen LogP contribution is 2.43. The molecule has 0 aliphatic heterocycles. The Labute approximate surface area is 155 Å². The van der Waals surface area contributed by atoms with Gasteiger partial charge in [0.15, 0.2) is 0 Å². The summed E-state index contributed by atoms with van der Waals surface area (Å²) in [5, 5.41) is 10.4. The van der Waals surface area contributed by atoms with Crippen molar-refractivity contribution in [3.63, 3.8) is 0 Å². The second-order valence-corrected chi connectivity index (χ2v) is 7.60. The van der Waals surface area contributed by atoms with Crippen LogP contribution >= 0.6 is 50.5 Å². The van der Waals surface area contributed by atoms with E-state index in [0.717, 1.165) is 26.0 Å². The summed E-state index contributed by atoms with van der Waals surface area (Å²) in [6, 6.07) is 14.6. The molecule has 2 aromatic carbocycles. The Morgan fingerprint density at radius 1 is 1.00 bits per heavy atom. The zero-order chi connectivity index (χ0) is 16.6. The van der Waals surface area contributed by atoms with Crippen molar-refractivity contribution in [1.82, 2.24) is 0 Å². The molecule has 1 heterocycles. The Balaban J connectivity index is 2.22. The molecule has 0 spiro atoms. The molecule has 0 saturated carbocycles. The van der Waals surface area contributed by atoms with Crippen molar-refractivity contribution >= 4 is 56.4 Å². The summed E-state index contributed by atoms with van der Waals surface area (Å²) in [5.74, 6) is -0.954. The topological polar surface area (TPSA) is 37.3 Å². The molecular formula is C17H9BrCl2O2S. The van der Waals surface area contributed by atoms with Gasteiger partial charge < -0.3 is 5.11 Å². The van der Waals surface area contributed by atoms with E-state index in [1.165, 1.54) is 11.3 Å². The molecule has 1 N–H and O–H groups in total. The van der Waals surface area contributed by atoms with Gasteiger partial charge in [-0.25, -0.2) is 4.79 Å². The summed E-state index contributed by atoms with van der Waals surface area (Å²) in [6.45, 7) is 0. The van der Waals surface area contributed by atoms with E-state index in [-0.39, 0.29) is 4.88 Å². The molecular weight excluding hydrogens is 419 g/mol. The summed E-state index contributed by atoms with van der Waals surface area (Å²) in [5.41, 5.74) is 2.54. The minimum Gasteiger partial charge on any atom is -0.477 e. The normalized spacial score (nSPS) is 10.7. The summed E-state index contributed by atoms with van der Waals surface area (Å²) < 4.78 is 0.959. The van der Waals surface area contributed by atoms with E-state index in [1.807, 2.05) is 30.3 Å². The van der Waals surface area contributed by atoms with E-state index in [0.29, 0.717) is 10.0 Å². The van der Waals surface area contributed by atoms with Crippen LogP contribution in [0.1, 0.15) is 9.67 Å². The maximum atomic E-state index is 11.4. The largest absolute Gasteiger partial charge is 0.477 e. The van der Waals surface area contributed by atoms with Crippen LogP contribution in [0.5, 0.6) is 0 Å². The fraction of sp³-hybridized carbons (Fsp3) is 0. The number of rotatable bonds is 3. The van der Waals surface area contributed by atoms with E-state index in [1.54, 1.807) is 18.2 Å². The van der Waals surface area contributed by atoms with Crippen molar-refractivity contribution in [3.05, 3.63) is 67.9 Å². The van der Waals surface area contributed by atoms with Crippen LogP contribution in [0, 0.1) is 0 Å². The van der Waals surface area contributed by atoms with Crippen molar-refractivity contribution < 1.29 is 9.90 Å². The molecule has 0 bridgehead atoms. The first-order valence-corrected chi connectivity index (χ1v) is 8.91. The number of carbonyl (C=O) groups is 1. The molecule has 0 fully saturated rings. The third-order valence-corrected chi connectivity index (χ3v) is 5.51. The van der Waals surface area contributed by atoms with Gasteiger partial charge in [-0.2, -0.15) is 0 Å². The van der Waals surface area contributed by atoms with Gasteiger partial charge in [-0.15, -0.1) is 11.3 Å². The molecule has 1 aromatic heterocycles. The minimum atomic E-state index is -0.954. The third-order valence-electron chi connectivity index (χ3n) is 3.27. The fourth-order valence-electron chi connectivity index (χ4n) is 2.21. The Kier molecular flexibility index (Phi) is 4.78. The van der Waals surface area contributed by atoms with E-state index >= 15 is 0 Å². The average Bonchev–Trinajstić information content (AvgIpc) is 2.93. The highest BCUT2D eigenvalue weighted by molar-refractivity contribution is 9.10. The second-order valence-electron chi connectivity index (χ2n) is 4.79. The quantitative estimate of drug-likeness (QED) is 0.496. The monoisotopic (exact) mass is 426 g/mol. The minimum absolute atomic E-state index is 0.268. The zero-order valence-corrected chi connectivity index (χ0v) is 15.4. The number of aromatic carboxylic acids is 1. The molecule has 3 rings (SSSR count). The first-order chi connectivity index (χ1) is 11.0. The molecule has 0 atom stereocenters. The lowest BCUT2D eigenvalue weighted by Crippen LogP contribution is -1.89. The lowest BCUT2D eigenvalue weighted by atomic mass is 10.0. The predicted molar refractivity (Wildman–Crippen MR) is 99.9 cm³/mol.